The zero-order valence-electron chi connectivity index (χ0n) is 10.6. The summed E-state index contributed by atoms with van der Waals surface area (Å²) in [6.45, 7) is 6.18. The Hall–Kier alpha value is -1.00. The Morgan fingerprint density at radius 3 is 2.41 bits per heavy atom. The van der Waals surface area contributed by atoms with Crippen LogP contribution in [-0.4, -0.2) is 23.5 Å². The average Bonchev–Trinajstić information content (AvgIpc) is 2.29. The molecular formula is C13H20N2OS. The minimum Gasteiger partial charge on any atom is -0.366 e. The SMILES string of the molecule is CSC(C)(C)CNCc1ccc(C(N)=O)cc1. The van der Waals surface area contributed by atoms with Gasteiger partial charge in [0, 0.05) is 23.4 Å². The number of nitrogens with one attached hydrogen (secondary N) is 1. The Labute approximate surface area is 107 Å². The van der Waals surface area contributed by atoms with Gasteiger partial charge in [-0.25, -0.2) is 0 Å². The van der Waals surface area contributed by atoms with E-state index in [-0.39, 0.29) is 10.7 Å². The van der Waals surface area contributed by atoms with Gasteiger partial charge in [0.15, 0.2) is 0 Å². The maximum absolute atomic E-state index is 10.9. The molecule has 1 aromatic rings. The van der Waals surface area contributed by atoms with Crippen LogP contribution >= 0.6 is 11.8 Å². The van der Waals surface area contributed by atoms with Crippen LogP contribution in [0, 0.1) is 0 Å². The second kappa shape index (κ2) is 6.07. The lowest BCUT2D eigenvalue weighted by Gasteiger charge is -2.22. The van der Waals surface area contributed by atoms with Crippen LogP contribution in [0.4, 0.5) is 0 Å². The van der Waals surface area contributed by atoms with Crippen LogP contribution in [0.25, 0.3) is 0 Å². The van der Waals surface area contributed by atoms with Gasteiger partial charge < -0.3 is 11.1 Å². The predicted octanol–water partition coefficient (Wildman–Crippen LogP) is 2.02. The zero-order valence-corrected chi connectivity index (χ0v) is 11.4. The van der Waals surface area contributed by atoms with Crippen molar-refractivity contribution < 1.29 is 4.79 Å². The van der Waals surface area contributed by atoms with Crippen LogP contribution in [0.5, 0.6) is 0 Å². The van der Waals surface area contributed by atoms with E-state index in [0.29, 0.717) is 5.56 Å². The molecule has 17 heavy (non-hydrogen) atoms. The molecule has 4 heteroatoms. The Kier molecular flexibility index (Phi) is 5.02. The Balaban J connectivity index is 2.45. The molecule has 3 N–H and O–H groups in total. The molecule has 0 aliphatic heterocycles. The first-order chi connectivity index (χ1) is 7.94. The Morgan fingerprint density at radius 2 is 1.94 bits per heavy atom. The molecule has 0 aliphatic rings. The minimum absolute atomic E-state index is 0.243. The van der Waals surface area contributed by atoms with Crippen LogP contribution in [0.15, 0.2) is 24.3 Å². The molecule has 1 rings (SSSR count). The summed E-state index contributed by atoms with van der Waals surface area (Å²) in [7, 11) is 0. The molecule has 1 amide bonds. The fourth-order valence-corrected chi connectivity index (χ4v) is 1.61. The molecule has 0 radical (unpaired) electrons. The molecule has 0 bridgehead atoms. The maximum Gasteiger partial charge on any atom is 0.248 e. The Bertz CT molecular complexity index is 374. The van der Waals surface area contributed by atoms with E-state index in [9.17, 15) is 4.79 Å². The number of hydrogen-bond donors (Lipinski definition) is 2. The van der Waals surface area contributed by atoms with Gasteiger partial charge >= 0.3 is 0 Å². The van der Waals surface area contributed by atoms with Crippen molar-refractivity contribution in [2.75, 3.05) is 12.8 Å². The first-order valence-corrected chi connectivity index (χ1v) is 6.82. The smallest absolute Gasteiger partial charge is 0.248 e. The molecule has 0 heterocycles. The van der Waals surface area contributed by atoms with Crippen molar-refractivity contribution in [2.24, 2.45) is 5.73 Å². The lowest BCUT2D eigenvalue weighted by atomic mass is 10.1. The average molecular weight is 252 g/mol. The highest BCUT2D eigenvalue weighted by Crippen LogP contribution is 2.19. The van der Waals surface area contributed by atoms with Crippen LogP contribution in [-0.2, 0) is 6.54 Å². The normalized spacial score (nSPS) is 11.5. The van der Waals surface area contributed by atoms with Gasteiger partial charge in [0.2, 0.25) is 5.91 Å². The summed E-state index contributed by atoms with van der Waals surface area (Å²) in [5.74, 6) is -0.381. The number of carbonyl (C=O) groups is 1. The molecule has 0 aromatic heterocycles. The van der Waals surface area contributed by atoms with Crippen molar-refractivity contribution in [3.8, 4) is 0 Å². The first-order valence-electron chi connectivity index (χ1n) is 5.59. The number of nitrogens with two attached hydrogens (primary N) is 1. The number of carbonyl (C=O) groups excluding carboxylic acids is 1. The fraction of sp³-hybridized carbons (Fsp3) is 0.462. The number of rotatable bonds is 6. The van der Waals surface area contributed by atoms with Gasteiger partial charge in [-0.05, 0) is 37.8 Å². The monoisotopic (exact) mass is 252 g/mol. The van der Waals surface area contributed by atoms with Gasteiger partial charge in [0.1, 0.15) is 0 Å². The fourth-order valence-electron chi connectivity index (χ4n) is 1.37. The summed E-state index contributed by atoms with van der Waals surface area (Å²) >= 11 is 1.84. The molecule has 94 valence electrons. The second-order valence-electron chi connectivity index (χ2n) is 4.63. The topological polar surface area (TPSA) is 55.1 Å². The molecule has 0 spiro atoms. The van der Waals surface area contributed by atoms with E-state index in [0.717, 1.165) is 18.7 Å². The van der Waals surface area contributed by atoms with E-state index in [1.165, 1.54) is 0 Å². The van der Waals surface area contributed by atoms with Crippen molar-refractivity contribution in [1.82, 2.24) is 5.32 Å². The van der Waals surface area contributed by atoms with Gasteiger partial charge in [-0.15, -0.1) is 0 Å². The van der Waals surface area contributed by atoms with E-state index in [2.05, 4.69) is 25.4 Å². The van der Waals surface area contributed by atoms with Crippen molar-refractivity contribution in [3.05, 3.63) is 35.4 Å². The molecule has 0 fully saturated rings. The third kappa shape index (κ3) is 4.79. The van der Waals surface area contributed by atoms with Crippen LogP contribution in [0.1, 0.15) is 29.8 Å². The van der Waals surface area contributed by atoms with Gasteiger partial charge in [-0.3, -0.25) is 4.79 Å². The lowest BCUT2D eigenvalue weighted by molar-refractivity contribution is 0.100. The van der Waals surface area contributed by atoms with Crippen molar-refractivity contribution in [1.29, 1.82) is 0 Å². The summed E-state index contributed by atoms with van der Waals surface area (Å²) in [5, 5.41) is 3.40. The highest BCUT2D eigenvalue weighted by molar-refractivity contribution is 7.99. The number of thioether (sulfide) groups is 1. The molecule has 0 saturated heterocycles. The van der Waals surface area contributed by atoms with Gasteiger partial charge in [0.25, 0.3) is 0 Å². The molecule has 0 aliphatic carbocycles. The molecule has 0 saturated carbocycles. The molecule has 0 unspecified atom stereocenters. The van der Waals surface area contributed by atoms with Crippen molar-refractivity contribution >= 4 is 17.7 Å². The van der Waals surface area contributed by atoms with Gasteiger partial charge in [0.05, 0.1) is 0 Å². The van der Waals surface area contributed by atoms with Crippen molar-refractivity contribution in [2.45, 2.75) is 25.1 Å². The van der Waals surface area contributed by atoms with E-state index in [4.69, 9.17) is 5.73 Å². The summed E-state index contributed by atoms with van der Waals surface area (Å²) in [5.41, 5.74) is 6.89. The summed E-state index contributed by atoms with van der Waals surface area (Å²) in [6.07, 6.45) is 2.11. The van der Waals surface area contributed by atoms with Crippen LogP contribution in [0.3, 0.4) is 0 Å². The lowest BCUT2D eigenvalue weighted by Crippen LogP contribution is -2.31. The molecular weight excluding hydrogens is 232 g/mol. The number of hydrogen-bond acceptors (Lipinski definition) is 3. The first kappa shape index (κ1) is 14.1. The summed E-state index contributed by atoms with van der Waals surface area (Å²) in [6, 6.07) is 7.39. The number of primary amides is 1. The molecule has 1 aromatic carbocycles. The molecule has 3 nitrogen and oxygen atoms in total. The number of benzene rings is 1. The van der Waals surface area contributed by atoms with Crippen LogP contribution < -0.4 is 11.1 Å². The van der Waals surface area contributed by atoms with E-state index in [1.807, 2.05) is 23.9 Å². The summed E-state index contributed by atoms with van der Waals surface area (Å²) in [4.78, 5) is 10.9. The van der Waals surface area contributed by atoms with E-state index >= 15 is 0 Å². The standard InChI is InChI=1S/C13H20N2OS/c1-13(2,17-3)9-15-8-10-4-6-11(7-5-10)12(14)16/h4-7,15H,8-9H2,1-3H3,(H2,14,16). The predicted molar refractivity (Wildman–Crippen MR) is 74.3 cm³/mol. The second-order valence-corrected chi connectivity index (χ2v) is 6.14. The highest BCUT2D eigenvalue weighted by atomic mass is 32.2. The zero-order chi connectivity index (χ0) is 12.9. The largest absolute Gasteiger partial charge is 0.366 e. The maximum atomic E-state index is 10.9. The number of amides is 1. The molecule has 0 atom stereocenters. The van der Waals surface area contributed by atoms with Gasteiger partial charge in [-0.1, -0.05) is 12.1 Å². The van der Waals surface area contributed by atoms with E-state index in [1.54, 1.807) is 12.1 Å². The van der Waals surface area contributed by atoms with Crippen molar-refractivity contribution in [3.63, 3.8) is 0 Å². The highest BCUT2D eigenvalue weighted by Gasteiger charge is 2.14. The summed E-state index contributed by atoms with van der Waals surface area (Å²) < 4.78 is 0.243. The Morgan fingerprint density at radius 1 is 1.35 bits per heavy atom. The van der Waals surface area contributed by atoms with Crippen LogP contribution in [0.2, 0.25) is 0 Å². The third-order valence-electron chi connectivity index (χ3n) is 2.67. The van der Waals surface area contributed by atoms with Gasteiger partial charge in [-0.2, -0.15) is 11.8 Å². The third-order valence-corrected chi connectivity index (χ3v) is 3.92. The van der Waals surface area contributed by atoms with E-state index < -0.39 is 0 Å². The quantitative estimate of drug-likeness (QED) is 0.814. The minimum atomic E-state index is -0.381.